The SMILES string of the molecule is c1ccc2c(c1)-c1ccccc1C21c2ccccc2-c2ncc(-c3ccc4cc(-c5cc6ccccc6c6ccccc56)ccc4c3)cc21. The number of hydrogen-bond donors (Lipinski definition) is 0. The van der Waals surface area contributed by atoms with Crippen molar-refractivity contribution in [2.24, 2.45) is 0 Å². The Morgan fingerprint density at radius 3 is 1.61 bits per heavy atom. The molecule has 1 spiro atoms. The van der Waals surface area contributed by atoms with Crippen LogP contribution in [0.1, 0.15) is 22.3 Å². The second kappa shape index (κ2) is 9.86. The summed E-state index contributed by atoms with van der Waals surface area (Å²) < 4.78 is 0. The van der Waals surface area contributed by atoms with Crippen LogP contribution in [0.5, 0.6) is 0 Å². The van der Waals surface area contributed by atoms with Gasteiger partial charge in [-0.05, 0) is 107 Å². The normalized spacial score (nSPS) is 13.5. The van der Waals surface area contributed by atoms with E-state index in [2.05, 4.69) is 176 Å². The topological polar surface area (TPSA) is 12.9 Å². The number of aromatic nitrogens is 1. The van der Waals surface area contributed by atoms with Crippen molar-refractivity contribution in [2.45, 2.75) is 5.41 Å². The quantitative estimate of drug-likeness (QED) is 0.175. The second-order valence-corrected chi connectivity index (χ2v) is 13.5. The van der Waals surface area contributed by atoms with E-state index in [9.17, 15) is 0 Å². The first kappa shape index (κ1) is 26.7. The number of benzene rings is 8. The summed E-state index contributed by atoms with van der Waals surface area (Å²) in [6.07, 6.45) is 2.07. The second-order valence-electron chi connectivity index (χ2n) is 13.5. The summed E-state index contributed by atoms with van der Waals surface area (Å²) in [5.41, 5.74) is 14.6. The van der Waals surface area contributed by atoms with E-state index in [4.69, 9.17) is 4.98 Å². The molecule has 0 saturated heterocycles. The standard InChI is InChI=1S/C48H29N/c1-2-12-36-33(11-1)27-42(38-14-4-3-13-37(36)38)34-24-23-30-25-32(22-21-31(30)26-34)35-28-46-47(49-29-35)41-17-7-10-20-45(41)48(46)43-18-8-5-15-39(43)40-16-6-9-19-44(40)48/h1-29H. The van der Waals surface area contributed by atoms with Crippen molar-refractivity contribution in [1.82, 2.24) is 4.98 Å². The minimum absolute atomic E-state index is 0.392. The molecule has 0 unspecified atom stereocenters. The Labute approximate surface area is 284 Å². The molecule has 2 aliphatic carbocycles. The number of fused-ring (bicyclic) bond motifs is 14. The molecule has 226 valence electrons. The van der Waals surface area contributed by atoms with Crippen molar-refractivity contribution in [1.29, 1.82) is 0 Å². The zero-order valence-electron chi connectivity index (χ0n) is 26.7. The Hall–Kier alpha value is -6.31. The minimum Gasteiger partial charge on any atom is -0.255 e. The maximum atomic E-state index is 5.23. The van der Waals surface area contributed by atoms with Gasteiger partial charge < -0.3 is 0 Å². The van der Waals surface area contributed by atoms with Gasteiger partial charge in [0.1, 0.15) is 0 Å². The predicted octanol–water partition coefficient (Wildman–Crippen LogP) is 12.2. The molecule has 1 aromatic heterocycles. The van der Waals surface area contributed by atoms with E-state index in [0.29, 0.717) is 0 Å². The summed E-state index contributed by atoms with van der Waals surface area (Å²) >= 11 is 0. The third-order valence-corrected chi connectivity index (χ3v) is 11.1. The number of hydrogen-bond acceptors (Lipinski definition) is 1. The highest BCUT2D eigenvalue weighted by atomic mass is 14.7. The van der Waals surface area contributed by atoms with Crippen molar-refractivity contribution < 1.29 is 0 Å². The minimum atomic E-state index is -0.392. The smallest absolute Gasteiger partial charge is 0.0753 e. The van der Waals surface area contributed by atoms with Gasteiger partial charge in [-0.25, -0.2) is 0 Å². The summed E-state index contributed by atoms with van der Waals surface area (Å²) in [6.45, 7) is 0. The van der Waals surface area contributed by atoms with Crippen LogP contribution in [-0.4, -0.2) is 4.98 Å². The van der Waals surface area contributed by atoms with E-state index in [1.165, 1.54) is 88.0 Å². The molecule has 1 heteroatoms. The highest BCUT2D eigenvalue weighted by Gasteiger charge is 2.52. The van der Waals surface area contributed by atoms with E-state index in [1.54, 1.807) is 0 Å². The monoisotopic (exact) mass is 619 g/mol. The van der Waals surface area contributed by atoms with Crippen LogP contribution < -0.4 is 0 Å². The van der Waals surface area contributed by atoms with E-state index in [1.807, 2.05) is 0 Å². The van der Waals surface area contributed by atoms with Gasteiger partial charge in [-0.2, -0.15) is 0 Å². The van der Waals surface area contributed by atoms with Gasteiger partial charge in [0, 0.05) is 17.3 Å². The highest BCUT2D eigenvalue weighted by molar-refractivity contribution is 6.14. The maximum absolute atomic E-state index is 5.23. The molecule has 8 aromatic carbocycles. The molecule has 2 aliphatic rings. The Bertz CT molecular complexity index is 2780. The molecule has 0 radical (unpaired) electrons. The molecule has 0 amide bonds. The van der Waals surface area contributed by atoms with E-state index < -0.39 is 5.41 Å². The molecule has 11 rings (SSSR count). The van der Waals surface area contributed by atoms with Crippen LogP contribution in [0.4, 0.5) is 0 Å². The van der Waals surface area contributed by atoms with Gasteiger partial charge in [-0.3, -0.25) is 4.98 Å². The van der Waals surface area contributed by atoms with Crippen LogP contribution in [-0.2, 0) is 5.41 Å². The summed E-state index contributed by atoms with van der Waals surface area (Å²) in [5.74, 6) is 0. The molecule has 1 nitrogen and oxygen atoms in total. The van der Waals surface area contributed by atoms with Gasteiger partial charge in [-0.15, -0.1) is 0 Å². The fourth-order valence-corrected chi connectivity index (χ4v) is 8.99. The van der Waals surface area contributed by atoms with Crippen LogP contribution in [0.2, 0.25) is 0 Å². The lowest BCUT2D eigenvalue weighted by molar-refractivity contribution is 0.792. The Morgan fingerprint density at radius 1 is 0.327 bits per heavy atom. The average molecular weight is 620 g/mol. The number of pyridine rings is 1. The van der Waals surface area contributed by atoms with E-state index >= 15 is 0 Å². The van der Waals surface area contributed by atoms with E-state index in [-0.39, 0.29) is 0 Å². The predicted molar refractivity (Wildman–Crippen MR) is 204 cm³/mol. The fourth-order valence-electron chi connectivity index (χ4n) is 8.99. The van der Waals surface area contributed by atoms with E-state index in [0.717, 1.165) is 11.3 Å². The molecule has 9 aromatic rings. The molecular weight excluding hydrogens is 591 g/mol. The molecule has 1 heterocycles. The fraction of sp³-hybridized carbons (Fsp3) is 0.0208. The number of nitrogens with zero attached hydrogens (tertiary/aromatic N) is 1. The first-order chi connectivity index (χ1) is 24.3. The lowest BCUT2D eigenvalue weighted by Crippen LogP contribution is -2.26. The summed E-state index contributed by atoms with van der Waals surface area (Å²) in [5, 5.41) is 7.60. The third-order valence-electron chi connectivity index (χ3n) is 11.1. The average Bonchev–Trinajstić information content (AvgIpc) is 3.64. The van der Waals surface area contributed by atoms with Gasteiger partial charge in [0.2, 0.25) is 0 Å². The van der Waals surface area contributed by atoms with Crippen LogP contribution in [0.15, 0.2) is 176 Å². The Balaban J connectivity index is 1.07. The molecule has 0 saturated carbocycles. The largest absolute Gasteiger partial charge is 0.255 e. The zero-order valence-corrected chi connectivity index (χ0v) is 26.7. The first-order valence-corrected chi connectivity index (χ1v) is 17.0. The van der Waals surface area contributed by atoms with Crippen molar-refractivity contribution in [2.75, 3.05) is 0 Å². The molecule has 0 fully saturated rings. The summed E-state index contributed by atoms with van der Waals surface area (Å²) in [7, 11) is 0. The highest BCUT2D eigenvalue weighted by Crippen LogP contribution is 2.62. The van der Waals surface area contributed by atoms with Gasteiger partial charge in [-0.1, -0.05) is 146 Å². The molecule has 0 bridgehead atoms. The van der Waals surface area contributed by atoms with Gasteiger partial charge in [0.05, 0.1) is 11.1 Å². The third kappa shape index (κ3) is 3.57. The maximum Gasteiger partial charge on any atom is 0.0753 e. The molecule has 0 N–H and O–H groups in total. The van der Waals surface area contributed by atoms with Crippen molar-refractivity contribution in [3.8, 4) is 44.6 Å². The zero-order chi connectivity index (χ0) is 32.1. The van der Waals surface area contributed by atoms with Gasteiger partial charge >= 0.3 is 0 Å². The summed E-state index contributed by atoms with van der Waals surface area (Å²) in [6, 6.07) is 62.7. The van der Waals surface area contributed by atoms with Gasteiger partial charge in [0.25, 0.3) is 0 Å². The molecule has 0 atom stereocenters. The van der Waals surface area contributed by atoms with Crippen molar-refractivity contribution in [3.63, 3.8) is 0 Å². The van der Waals surface area contributed by atoms with Crippen molar-refractivity contribution in [3.05, 3.63) is 198 Å². The van der Waals surface area contributed by atoms with Crippen LogP contribution >= 0.6 is 0 Å². The lowest BCUT2D eigenvalue weighted by Gasteiger charge is -2.30. The van der Waals surface area contributed by atoms with Crippen molar-refractivity contribution >= 4 is 32.3 Å². The van der Waals surface area contributed by atoms with Crippen LogP contribution in [0, 0.1) is 0 Å². The first-order valence-electron chi connectivity index (χ1n) is 17.0. The van der Waals surface area contributed by atoms with Crippen LogP contribution in [0.3, 0.4) is 0 Å². The number of rotatable bonds is 2. The van der Waals surface area contributed by atoms with Gasteiger partial charge in [0.15, 0.2) is 0 Å². The summed E-state index contributed by atoms with van der Waals surface area (Å²) in [4.78, 5) is 5.23. The Morgan fingerprint density at radius 2 is 0.878 bits per heavy atom. The Kier molecular flexibility index (Phi) is 5.38. The van der Waals surface area contributed by atoms with Crippen LogP contribution in [0.25, 0.3) is 77.0 Å². The molecular formula is C48H29N. The molecule has 0 aliphatic heterocycles. The lowest BCUT2D eigenvalue weighted by atomic mass is 9.70. The molecule has 49 heavy (non-hydrogen) atoms.